The van der Waals surface area contributed by atoms with Crippen molar-refractivity contribution in [1.82, 2.24) is 9.97 Å². The van der Waals surface area contributed by atoms with E-state index in [-0.39, 0.29) is 5.91 Å². The van der Waals surface area contributed by atoms with Crippen LogP contribution in [0.1, 0.15) is 12.5 Å². The molecule has 1 amide bonds. The number of aromatic nitrogens is 2. The number of hydrogen-bond acceptors (Lipinski definition) is 4. The maximum atomic E-state index is 11.2. The fourth-order valence-corrected chi connectivity index (χ4v) is 1.24. The number of amides is 1. The van der Waals surface area contributed by atoms with Crippen molar-refractivity contribution in [3.05, 3.63) is 31.1 Å². The van der Waals surface area contributed by atoms with Crippen LogP contribution in [0.15, 0.2) is 25.6 Å². The molecule has 0 saturated carbocycles. The fourth-order valence-electron chi connectivity index (χ4n) is 1.24. The van der Waals surface area contributed by atoms with Crippen LogP contribution in [-0.2, 0) is 4.79 Å². The predicted octanol–water partition coefficient (Wildman–Crippen LogP) is 1.68. The Morgan fingerprint density at radius 2 is 2.06 bits per heavy atom. The first-order valence-corrected chi connectivity index (χ1v) is 4.72. The SMILES string of the molecule is C=CC(=O)Nc1ncnc(NC)c1C(=C)C. The van der Waals surface area contributed by atoms with Crippen LogP contribution in [0.4, 0.5) is 11.6 Å². The smallest absolute Gasteiger partial charge is 0.248 e. The second kappa shape index (κ2) is 5.06. The molecule has 0 atom stereocenters. The molecule has 1 aromatic rings. The van der Waals surface area contributed by atoms with Crippen LogP contribution in [0, 0.1) is 0 Å². The van der Waals surface area contributed by atoms with Gasteiger partial charge in [-0.2, -0.15) is 0 Å². The Kier molecular flexibility index (Phi) is 3.77. The molecule has 2 N–H and O–H groups in total. The molecule has 0 aliphatic carbocycles. The zero-order valence-corrected chi connectivity index (χ0v) is 9.37. The molecule has 1 aromatic heterocycles. The fraction of sp³-hybridized carbons (Fsp3) is 0.182. The Hall–Kier alpha value is -2.17. The number of anilines is 2. The molecule has 16 heavy (non-hydrogen) atoms. The van der Waals surface area contributed by atoms with Gasteiger partial charge < -0.3 is 10.6 Å². The van der Waals surface area contributed by atoms with E-state index in [1.54, 1.807) is 7.05 Å². The molecule has 0 radical (unpaired) electrons. The van der Waals surface area contributed by atoms with Crippen LogP contribution in [0.2, 0.25) is 0 Å². The molecule has 0 saturated heterocycles. The van der Waals surface area contributed by atoms with E-state index in [0.29, 0.717) is 17.2 Å². The van der Waals surface area contributed by atoms with E-state index in [1.807, 2.05) is 6.92 Å². The average Bonchev–Trinajstić information content (AvgIpc) is 2.28. The van der Waals surface area contributed by atoms with Gasteiger partial charge in [0.1, 0.15) is 18.0 Å². The first-order chi connectivity index (χ1) is 7.60. The van der Waals surface area contributed by atoms with Gasteiger partial charge in [0.05, 0.1) is 5.56 Å². The molecule has 5 heteroatoms. The molecule has 84 valence electrons. The largest absolute Gasteiger partial charge is 0.372 e. The highest BCUT2D eigenvalue weighted by atomic mass is 16.1. The molecule has 0 fully saturated rings. The normalized spacial score (nSPS) is 9.38. The van der Waals surface area contributed by atoms with Crippen molar-refractivity contribution < 1.29 is 4.79 Å². The minimum Gasteiger partial charge on any atom is -0.372 e. The van der Waals surface area contributed by atoms with Gasteiger partial charge in [-0.25, -0.2) is 9.97 Å². The molecule has 0 unspecified atom stereocenters. The maximum Gasteiger partial charge on any atom is 0.248 e. The predicted molar refractivity (Wildman–Crippen MR) is 65.1 cm³/mol. The minimum atomic E-state index is -0.316. The summed E-state index contributed by atoms with van der Waals surface area (Å²) in [6, 6.07) is 0. The van der Waals surface area contributed by atoms with Crippen LogP contribution in [-0.4, -0.2) is 22.9 Å². The van der Waals surface area contributed by atoms with Gasteiger partial charge in [-0.3, -0.25) is 4.79 Å². The molecule has 0 aliphatic rings. The molecular formula is C11H14N4O. The topological polar surface area (TPSA) is 66.9 Å². The van der Waals surface area contributed by atoms with Crippen LogP contribution in [0.5, 0.6) is 0 Å². The van der Waals surface area contributed by atoms with E-state index in [0.717, 1.165) is 5.57 Å². The summed E-state index contributed by atoms with van der Waals surface area (Å²) in [7, 11) is 1.74. The molecule has 1 rings (SSSR count). The van der Waals surface area contributed by atoms with Crippen LogP contribution in [0.3, 0.4) is 0 Å². The van der Waals surface area contributed by atoms with Gasteiger partial charge in [-0.1, -0.05) is 13.2 Å². The Labute approximate surface area is 94.3 Å². The lowest BCUT2D eigenvalue weighted by Gasteiger charge is -2.12. The van der Waals surface area contributed by atoms with E-state index in [1.165, 1.54) is 12.4 Å². The second-order valence-electron chi connectivity index (χ2n) is 3.17. The van der Waals surface area contributed by atoms with Crippen molar-refractivity contribution in [1.29, 1.82) is 0 Å². The molecular weight excluding hydrogens is 204 g/mol. The van der Waals surface area contributed by atoms with Crippen molar-refractivity contribution in [3.8, 4) is 0 Å². The van der Waals surface area contributed by atoms with Gasteiger partial charge in [0.2, 0.25) is 5.91 Å². The van der Waals surface area contributed by atoms with Crippen molar-refractivity contribution in [2.45, 2.75) is 6.92 Å². The van der Waals surface area contributed by atoms with E-state index in [9.17, 15) is 4.79 Å². The molecule has 0 aromatic carbocycles. The number of nitrogens with one attached hydrogen (secondary N) is 2. The van der Waals surface area contributed by atoms with Crippen LogP contribution < -0.4 is 10.6 Å². The van der Waals surface area contributed by atoms with Gasteiger partial charge in [-0.05, 0) is 18.6 Å². The highest BCUT2D eigenvalue weighted by Crippen LogP contribution is 2.26. The van der Waals surface area contributed by atoms with E-state index in [4.69, 9.17) is 0 Å². The highest BCUT2D eigenvalue weighted by Gasteiger charge is 2.12. The second-order valence-corrected chi connectivity index (χ2v) is 3.17. The number of allylic oxidation sites excluding steroid dienone is 1. The zero-order chi connectivity index (χ0) is 12.1. The summed E-state index contributed by atoms with van der Waals surface area (Å²) in [6.45, 7) is 9.03. The lowest BCUT2D eigenvalue weighted by atomic mass is 10.1. The summed E-state index contributed by atoms with van der Waals surface area (Å²) in [6.07, 6.45) is 2.56. The summed E-state index contributed by atoms with van der Waals surface area (Å²) in [4.78, 5) is 19.3. The number of carbonyl (C=O) groups excluding carboxylic acids is 1. The highest BCUT2D eigenvalue weighted by molar-refractivity contribution is 6.00. The molecule has 0 aliphatic heterocycles. The van der Waals surface area contributed by atoms with Crippen molar-refractivity contribution in [2.24, 2.45) is 0 Å². The minimum absolute atomic E-state index is 0.316. The van der Waals surface area contributed by atoms with Crippen molar-refractivity contribution in [3.63, 3.8) is 0 Å². The van der Waals surface area contributed by atoms with E-state index < -0.39 is 0 Å². The lowest BCUT2D eigenvalue weighted by Crippen LogP contribution is -2.12. The van der Waals surface area contributed by atoms with Gasteiger partial charge in [0, 0.05) is 7.05 Å². The lowest BCUT2D eigenvalue weighted by molar-refractivity contribution is -0.111. The Morgan fingerprint density at radius 1 is 1.44 bits per heavy atom. The summed E-state index contributed by atoms with van der Waals surface area (Å²) in [5.74, 6) is 0.738. The third kappa shape index (κ3) is 2.44. The van der Waals surface area contributed by atoms with Crippen LogP contribution >= 0.6 is 0 Å². The summed E-state index contributed by atoms with van der Waals surface area (Å²) < 4.78 is 0. The molecule has 1 heterocycles. The standard InChI is InChI=1S/C11H14N4O/c1-5-8(16)15-11-9(7(2)3)10(12-4)13-6-14-11/h5-6H,1-2H2,3-4H3,(H2,12,13,14,15,16). The van der Waals surface area contributed by atoms with Crippen LogP contribution in [0.25, 0.3) is 5.57 Å². The third-order valence-electron chi connectivity index (χ3n) is 1.94. The van der Waals surface area contributed by atoms with Crippen molar-refractivity contribution >= 4 is 23.1 Å². The summed E-state index contributed by atoms with van der Waals surface area (Å²) >= 11 is 0. The Bertz CT molecular complexity index is 440. The van der Waals surface area contributed by atoms with Gasteiger partial charge in [-0.15, -0.1) is 0 Å². The van der Waals surface area contributed by atoms with Gasteiger partial charge >= 0.3 is 0 Å². The number of rotatable bonds is 4. The van der Waals surface area contributed by atoms with E-state index >= 15 is 0 Å². The third-order valence-corrected chi connectivity index (χ3v) is 1.94. The van der Waals surface area contributed by atoms with Gasteiger partial charge in [0.25, 0.3) is 0 Å². The van der Waals surface area contributed by atoms with E-state index in [2.05, 4.69) is 33.8 Å². The zero-order valence-electron chi connectivity index (χ0n) is 9.37. The number of hydrogen-bond donors (Lipinski definition) is 2. The average molecular weight is 218 g/mol. The van der Waals surface area contributed by atoms with Gasteiger partial charge in [0.15, 0.2) is 0 Å². The molecule has 5 nitrogen and oxygen atoms in total. The number of nitrogens with zero attached hydrogens (tertiary/aromatic N) is 2. The molecule has 0 bridgehead atoms. The summed E-state index contributed by atoms with van der Waals surface area (Å²) in [5.41, 5.74) is 1.46. The molecule has 0 spiro atoms. The Balaban J connectivity index is 3.21. The first kappa shape index (κ1) is 11.9. The number of carbonyl (C=O) groups is 1. The maximum absolute atomic E-state index is 11.2. The first-order valence-electron chi connectivity index (χ1n) is 4.72. The quantitative estimate of drug-likeness (QED) is 0.754. The Morgan fingerprint density at radius 3 is 2.56 bits per heavy atom. The summed E-state index contributed by atoms with van der Waals surface area (Å²) in [5, 5.41) is 5.53. The van der Waals surface area contributed by atoms with Crippen molar-refractivity contribution in [2.75, 3.05) is 17.7 Å². The monoisotopic (exact) mass is 218 g/mol.